The van der Waals surface area contributed by atoms with Gasteiger partial charge in [0.1, 0.15) is 12.6 Å². The molecule has 2 amide bonds. The van der Waals surface area contributed by atoms with Crippen molar-refractivity contribution < 1.29 is 24.2 Å². The van der Waals surface area contributed by atoms with Crippen molar-refractivity contribution in [3.8, 4) is 0 Å². The van der Waals surface area contributed by atoms with Crippen molar-refractivity contribution in [2.45, 2.75) is 25.7 Å². The summed E-state index contributed by atoms with van der Waals surface area (Å²) in [7, 11) is 0. The quantitative estimate of drug-likeness (QED) is 0.588. The lowest BCUT2D eigenvalue weighted by Crippen LogP contribution is -2.52. The second-order valence-electron chi connectivity index (χ2n) is 7.69. The number of nitrogens with one attached hydrogen (secondary N) is 1. The molecular formula is C26H23N3O5. The summed E-state index contributed by atoms with van der Waals surface area (Å²) in [5.74, 6) is -1.86. The van der Waals surface area contributed by atoms with Gasteiger partial charge >= 0.3 is 12.1 Å². The molecule has 0 aliphatic carbocycles. The first kappa shape index (κ1) is 22.7. The second-order valence-corrected chi connectivity index (χ2v) is 7.69. The Labute approximate surface area is 196 Å². The molecule has 1 heterocycles. The summed E-state index contributed by atoms with van der Waals surface area (Å²) in [5, 5.41) is 12.2. The van der Waals surface area contributed by atoms with Crippen LogP contribution in [0.2, 0.25) is 0 Å². The highest BCUT2D eigenvalue weighted by Crippen LogP contribution is 2.29. The first-order valence-electron chi connectivity index (χ1n) is 10.7. The molecule has 0 spiro atoms. The molecule has 1 aliphatic rings. The number of rotatable bonds is 6. The van der Waals surface area contributed by atoms with Crippen LogP contribution in [0.5, 0.6) is 0 Å². The number of hydrogen-bond donors (Lipinski definition) is 2. The van der Waals surface area contributed by atoms with E-state index in [0.717, 1.165) is 16.0 Å². The third kappa shape index (κ3) is 4.80. The lowest BCUT2D eigenvalue weighted by molar-refractivity contribution is -0.139. The van der Waals surface area contributed by atoms with Crippen molar-refractivity contribution >= 4 is 29.4 Å². The van der Waals surface area contributed by atoms with Crippen LogP contribution in [-0.4, -0.2) is 41.0 Å². The molecule has 0 aromatic heterocycles. The van der Waals surface area contributed by atoms with Crippen molar-refractivity contribution in [3.63, 3.8) is 0 Å². The molecule has 2 atom stereocenters. The van der Waals surface area contributed by atoms with Gasteiger partial charge in [0.05, 0.1) is 11.4 Å². The van der Waals surface area contributed by atoms with Crippen molar-refractivity contribution in [1.82, 2.24) is 5.32 Å². The zero-order chi connectivity index (χ0) is 24.1. The summed E-state index contributed by atoms with van der Waals surface area (Å²) in [6.07, 6.45) is -2.22. The number of carboxylic acid groups (broad SMARTS) is 1. The topological polar surface area (TPSA) is 108 Å². The number of para-hydroxylation sites is 1. The monoisotopic (exact) mass is 457 g/mol. The fraction of sp³-hybridized carbons (Fsp3) is 0.154. The smallest absolute Gasteiger partial charge is 0.409 e. The van der Waals surface area contributed by atoms with E-state index in [1.165, 1.54) is 6.92 Å². The maximum absolute atomic E-state index is 13.5. The molecule has 0 saturated heterocycles. The van der Waals surface area contributed by atoms with Crippen LogP contribution in [0.4, 0.5) is 10.5 Å². The Morgan fingerprint density at radius 1 is 1.00 bits per heavy atom. The maximum Gasteiger partial charge on any atom is 0.409 e. The van der Waals surface area contributed by atoms with Gasteiger partial charge in [0, 0.05) is 11.1 Å². The van der Waals surface area contributed by atoms with Crippen LogP contribution in [0.1, 0.15) is 23.6 Å². The summed E-state index contributed by atoms with van der Waals surface area (Å²) in [6.45, 7) is 1.42. The molecule has 34 heavy (non-hydrogen) atoms. The Bertz CT molecular complexity index is 1230. The van der Waals surface area contributed by atoms with Gasteiger partial charge in [-0.05, 0) is 18.6 Å². The highest BCUT2D eigenvalue weighted by atomic mass is 16.5. The number of hydrogen-bond acceptors (Lipinski definition) is 5. The molecule has 1 aliphatic heterocycles. The largest absolute Gasteiger partial charge is 0.480 e. The first-order valence-corrected chi connectivity index (χ1v) is 10.7. The molecule has 0 fully saturated rings. The number of benzene rings is 3. The van der Waals surface area contributed by atoms with Crippen molar-refractivity contribution in [2.24, 2.45) is 4.99 Å². The average Bonchev–Trinajstić information content (AvgIpc) is 2.98. The molecule has 172 valence electrons. The molecule has 3 aromatic carbocycles. The number of benzodiazepines with no additional fused rings is 1. The van der Waals surface area contributed by atoms with Gasteiger partial charge in [-0.15, -0.1) is 0 Å². The number of ether oxygens (including phenoxy) is 1. The van der Waals surface area contributed by atoms with Gasteiger partial charge in [-0.2, -0.15) is 0 Å². The van der Waals surface area contributed by atoms with Crippen molar-refractivity contribution in [3.05, 3.63) is 102 Å². The average molecular weight is 457 g/mol. The van der Waals surface area contributed by atoms with E-state index < -0.39 is 30.2 Å². The molecule has 0 saturated carbocycles. The Kier molecular flexibility index (Phi) is 6.68. The summed E-state index contributed by atoms with van der Waals surface area (Å²) >= 11 is 0. The molecule has 0 radical (unpaired) electrons. The van der Waals surface area contributed by atoms with Gasteiger partial charge in [-0.25, -0.2) is 14.6 Å². The standard InChI is InChI=1S/C26H23N3O5/c1-17(25(31)32)29-21-15-9-8-14-20(21)22(19-12-6-3-7-13-19)27-23(24(29)30)28-26(33)34-16-18-10-4-2-5-11-18/h2-15,17,23H,16H2,1H3,(H,28,33)(H,31,32). The van der Waals surface area contributed by atoms with E-state index in [1.54, 1.807) is 24.3 Å². The van der Waals surface area contributed by atoms with Gasteiger partial charge in [-0.1, -0.05) is 78.9 Å². The molecule has 3 aromatic rings. The van der Waals surface area contributed by atoms with Gasteiger partial charge in [0.2, 0.25) is 6.17 Å². The fourth-order valence-electron chi connectivity index (χ4n) is 3.69. The maximum atomic E-state index is 13.5. The molecule has 4 rings (SSSR count). The second kappa shape index (κ2) is 9.99. The summed E-state index contributed by atoms with van der Waals surface area (Å²) < 4.78 is 5.27. The minimum Gasteiger partial charge on any atom is -0.480 e. The Morgan fingerprint density at radius 3 is 2.29 bits per heavy atom. The van der Waals surface area contributed by atoms with Crippen LogP contribution in [-0.2, 0) is 20.9 Å². The number of fused-ring (bicyclic) bond motifs is 1. The normalized spacial score (nSPS) is 16.0. The minimum absolute atomic E-state index is 0.0122. The van der Waals surface area contributed by atoms with E-state index in [4.69, 9.17) is 4.74 Å². The number of aliphatic carboxylic acids is 1. The molecule has 2 unspecified atom stereocenters. The Balaban J connectivity index is 1.72. The summed E-state index contributed by atoms with van der Waals surface area (Å²) in [5.41, 5.74) is 2.94. The van der Waals surface area contributed by atoms with E-state index >= 15 is 0 Å². The van der Waals surface area contributed by atoms with Crippen LogP contribution in [0, 0.1) is 0 Å². The molecule has 2 N–H and O–H groups in total. The first-order chi connectivity index (χ1) is 16.5. The van der Waals surface area contributed by atoms with E-state index in [-0.39, 0.29) is 6.61 Å². The number of nitrogens with zero attached hydrogens (tertiary/aromatic N) is 2. The minimum atomic E-state index is -1.38. The highest BCUT2D eigenvalue weighted by molar-refractivity contribution is 6.21. The van der Waals surface area contributed by atoms with Crippen LogP contribution in [0.3, 0.4) is 0 Å². The lowest BCUT2D eigenvalue weighted by Gasteiger charge is -2.28. The van der Waals surface area contributed by atoms with Gasteiger partial charge < -0.3 is 9.84 Å². The van der Waals surface area contributed by atoms with E-state index in [2.05, 4.69) is 10.3 Å². The van der Waals surface area contributed by atoms with Gasteiger partial charge in [0.25, 0.3) is 5.91 Å². The summed E-state index contributed by atoms with van der Waals surface area (Å²) in [6, 6.07) is 24.1. The molecule has 0 bridgehead atoms. The number of carbonyl (C=O) groups is 3. The molecule has 8 heteroatoms. The number of carbonyl (C=O) groups excluding carboxylic acids is 2. The number of carboxylic acids is 1. The van der Waals surface area contributed by atoms with Crippen LogP contribution in [0.15, 0.2) is 89.9 Å². The highest BCUT2D eigenvalue weighted by Gasteiger charge is 2.37. The van der Waals surface area contributed by atoms with Gasteiger partial charge in [-0.3, -0.25) is 15.0 Å². The van der Waals surface area contributed by atoms with E-state index in [9.17, 15) is 19.5 Å². The van der Waals surface area contributed by atoms with Gasteiger partial charge in [0.15, 0.2) is 0 Å². The number of amides is 2. The predicted octanol–water partition coefficient (Wildman–Crippen LogP) is 3.60. The fourth-order valence-corrected chi connectivity index (χ4v) is 3.69. The van der Waals surface area contributed by atoms with Crippen LogP contribution < -0.4 is 10.2 Å². The number of aliphatic imine (C=N–C) groups is 1. The predicted molar refractivity (Wildman–Crippen MR) is 127 cm³/mol. The van der Waals surface area contributed by atoms with Crippen LogP contribution >= 0.6 is 0 Å². The third-order valence-electron chi connectivity index (χ3n) is 5.41. The van der Waals surface area contributed by atoms with Crippen LogP contribution in [0.25, 0.3) is 0 Å². The van der Waals surface area contributed by atoms with Crippen molar-refractivity contribution in [2.75, 3.05) is 4.90 Å². The Morgan fingerprint density at radius 2 is 1.62 bits per heavy atom. The Hall–Kier alpha value is -4.46. The zero-order valence-electron chi connectivity index (χ0n) is 18.4. The number of alkyl carbamates (subject to hydrolysis) is 1. The zero-order valence-corrected chi connectivity index (χ0v) is 18.4. The van der Waals surface area contributed by atoms with Crippen molar-refractivity contribution in [1.29, 1.82) is 0 Å². The SMILES string of the molecule is CC(C(=O)O)N1C(=O)C(NC(=O)OCc2ccccc2)N=C(c2ccccc2)c2ccccc21. The number of anilines is 1. The third-order valence-corrected chi connectivity index (χ3v) is 5.41. The summed E-state index contributed by atoms with van der Waals surface area (Å²) in [4.78, 5) is 43.7. The van der Waals surface area contributed by atoms with E-state index in [0.29, 0.717) is 17.0 Å². The molecule has 8 nitrogen and oxygen atoms in total. The molecular weight excluding hydrogens is 434 g/mol. The van der Waals surface area contributed by atoms with E-state index in [1.807, 2.05) is 60.7 Å². The lowest BCUT2D eigenvalue weighted by atomic mass is 10.00.